The van der Waals surface area contributed by atoms with E-state index >= 15 is 0 Å². The van der Waals surface area contributed by atoms with E-state index in [0.29, 0.717) is 19.5 Å². The summed E-state index contributed by atoms with van der Waals surface area (Å²) < 4.78 is 5.20. The second kappa shape index (κ2) is 5.90. The smallest absolute Gasteiger partial charge is 0.207 e. The van der Waals surface area contributed by atoms with Crippen LogP contribution in [0.2, 0.25) is 0 Å². The molecule has 4 nitrogen and oxygen atoms in total. The number of methoxy groups -OCH3 is 1. The molecule has 0 heterocycles. The number of ether oxygens (including phenoxy) is 1. The zero-order valence-electron chi connectivity index (χ0n) is 9.04. The van der Waals surface area contributed by atoms with Gasteiger partial charge in [0.1, 0.15) is 5.75 Å². The Morgan fingerprint density at radius 3 is 2.87 bits per heavy atom. The topological polar surface area (TPSA) is 50.4 Å². The maximum atomic E-state index is 10.0. The number of amides is 1. The fourth-order valence-electron chi connectivity index (χ4n) is 1.29. The molecule has 0 aliphatic heterocycles. The van der Waals surface area contributed by atoms with Gasteiger partial charge in [0.2, 0.25) is 6.41 Å². The summed E-state index contributed by atoms with van der Waals surface area (Å²) in [7, 11) is 1.64. The molecular weight excluding hydrogens is 192 g/mol. The van der Waals surface area contributed by atoms with Gasteiger partial charge in [-0.05, 0) is 24.6 Å². The Kier molecular flexibility index (Phi) is 4.47. The van der Waals surface area contributed by atoms with Gasteiger partial charge in [-0.2, -0.15) is 0 Å². The molecule has 2 N–H and O–H groups in total. The van der Waals surface area contributed by atoms with E-state index in [-0.39, 0.29) is 0 Å². The van der Waals surface area contributed by atoms with Crippen LogP contribution in [0.1, 0.15) is 5.56 Å². The predicted molar refractivity (Wildman–Crippen MR) is 60.3 cm³/mol. The first-order valence-electron chi connectivity index (χ1n) is 4.83. The van der Waals surface area contributed by atoms with Crippen molar-refractivity contribution in [2.45, 2.75) is 6.92 Å². The van der Waals surface area contributed by atoms with Crippen molar-refractivity contribution in [2.24, 2.45) is 0 Å². The van der Waals surface area contributed by atoms with Gasteiger partial charge in [-0.3, -0.25) is 4.79 Å². The van der Waals surface area contributed by atoms with Gasteiger partial charge in [0.25, 0.3) is 0 Å². The molecular formula is C11H16N2O2. The SMILES string of the molecule is COc1ccc(C)cc1NCCNC=O. The van der Waals surface area contributed by atoms with Crippen LogP contribution in [0.4, 0.5) is 5.69 Å². The number of nitrogens with one attached hydrogen (secondary N) is 2. The fourth-order valence-corrected chi connectivity index (χ4v) is 1.29. The molecule has 0 radical (unpaired) electrons. The van der Waals surface area contributed by atoms with Crippen LogP contribution in [0.5, 0.6) is 5.75 Å². The summed E-state index contributed by atoms with van der Waals surface area (Å²) in [5.74, 6) is 0.812. The maximum absolute atomic E-state index is 10.0. The number of aryl methyl sites for hydroxylation is 1. The molecule has 0 spiro atoms. The van der Waals surface area contributed by atoms with Crippen molar-refractivity contribution in [1.29, 1.82) is 0 Å². The quantitative estimate of drug-likeness (QED) is 0.545. The van der Waals surface area contributed by atoms with Crippen molar-refractivity contribution in [2.75, 3.05) is 25.5 Å². The van der Waals surface area contributed by atoms with Crippen molar-refractivity contribution in [3.63, 3.8) is 0 Å². The highest BCUT2D eigenvalue weighted by Gasteiger charge is 2.01. The molecule has 15 heavy (non-hydrogen) atoms. The van der Waals surface area contributed by atoms with Crippen molar-refractivity contribution in [3.8, 4) is 5.75 Å². The van der Waals surface area contributed by atoms with Gasteiger partial charge in [-0.25, -0.2) is 0 Å². The van der Waals surface area contributed by atoms with E-state index in [4.69, 9.17) is 4.74 Å². The number of carbonyl (C=O) groups excluding carboxylic acids is 1. The first kappa shape index (κ1) is 11.4. The van der Waals surface area contributed by atoms with Gasteiger partial charge in [-0.1, -0.05) is 6.07 Å². The first-order chi connectivity index (χ1) is 7.27. The molecule has 0 atom stereocenters. The molecule has 1 aromatic rings. The second-order valence-corrected chi connectivity index (χ2v) is 3.20. The summed E-state index contributed by atoms with van der Waals surface area (Å²) >= 11 is 0. The zero-order chi connectivity index (χ0) is 11.1. The molecule has 4 heteroatoms. The molecule has 0 unspecified atom stereocenters. The lowest BCUT2D eigenvalue weighted by Crippen LogP contribution is -2.20. The third kappa shape index (κ3) is 3.50. The molecule has 1 rings (SSSR count). The van der Waals surface area contributed by atoms with Gasteiger partial charge in [-0.15, -0.1) is 0 Å². The highest BCUT2D eigenvalue weighted by atomic mass is 16.5. The number of carbonyl (C=O) groups is 1. The average Bonchev–Trinajstić information content (AvgIpc) is 2.25. The van der Waals surface area contributed by atoms with Gasteiger partial charge in [0, 0.05) is 13.1 Å². The van der Waals surface area contributed by atoms with Crippen LogP contribution in [0.25, 0.3) is 0 Å². The monoisotopic (exact) mass is 208 g/mol. The summed E-state index contributed by atoms with van der Waals surface area (Å²) in [4.78, 5) is 10.0. The first-order valence-corrected chi connectivity index (χ1v) is 4.83. The van der Waals surface area contributed by atoms with Crippen LogP contribution in [0, 0.1) is 6.92 Å². The van der Waals surface area contributed by atoms with E-state index in [2.05, 4.69) is 10.6 Å². The highest BCUT2D eigenvalue weighted by Crippen LogP contribution is 2.24. The van der Waals surface area contributed by atoms with E-state index in [9.17, 15) is 4.79 Å². The van der Waals surface area contributed by atoms with E-state index in [1.165, 1.54) is 5.56 Å². The molecule has 0 aliphatic carbocycles. The number of rotatable bonds is 6. The largest absolute Gasteiger partial charge is 0.495 e. The summed E-state index contributed by atoms with van der Waals surface area (Å²) in [6, 6.07) is 5.93. The van der Waals surface area contributed by atoms with Gasteiger partial charge >= 0.3 is 0 Å². The Hall–Kier alpha value is -1.71. The minimum atomic E-state index is 0.598. The molecule has 0 aromatic heterocycles. The van der Waals surface area contributed by atoms with Crippen molar-refractivity contribution in [1.82, 2.24) is 5.32 Å². The molecule has 1 amide bonds. The fraction of sp³-hybridized carbons (Fsp3) is 0.364. The number of hydrogen-bond donors (Lipinski definition) is 2. The average molecular weight is 208 g/mol. The molecule has 0 aliphatic rings. The molecule has 1 aromatic carbocycles. The van der Waals surface area contributed by atoms with Crippen LogP contribution in [-0.4, -0.2) is 26.6 Å². The lowest BCUT2D eigenvalue weighted by atomic mass is 10.2. The van der Waals surface area contributed by atoms with Crippen LogP contribution < -0.4 is 15.4 Å². The Labute approximate surface area is 89.6 Å². The minimum Gasteiger partial charge on any atom is -0.495 e. The molecule has 0 saturated carbocycles. The highest BCUT2D eigenvalue weighted by molar-refractivity contribution is 5.58. The van der Waals surface area contributed by atoms with Crippen molar-refractivity contribution >= 4 is 12.1 Å². The van der Waals surface area contributed by atoms with Crippen LogP contribution in [-0.2, 0) is 4.79 Å². The molecule has 0 bridgehead atoms. The van der Waals surface area contributed by atoms with Gasteiger partial charge in [0.05, 0.1) is 12.8 Å². The standard InChI is InChI=1S/C11H16N2O2/c1-9-3-4-11(15-2)10(7-9)13-6-5-12-8-14/h3-4,7-8,13H,5-6H2,1-2H3,(H,12,14). The molecule has 0 fully saturated rings. The predicted octanol–water partition coefficient (Wildman–Crippen LogP) is 1.16. The van der Waals surface area contributed by atoms with Crippen molar-refractivity contribution in [3.05, 3.63) is 23.8 Å². The number of hydrogen-bond acceptors (Lipinski definition) is 3. The van der Waals surface area contributed by atoms with Crippen LogP contribution in [0.3, 0.4) is 0 Å². The van der Waals surface area contributed by atoms with Gasteiger partial charge < -0.3 is 15.4 Å². The van der Waals surface area contributed by atoms with Crippen LogP contribution >= 0.6 is 0 Å². The normalized spacial score (nSPS) is 9.47. The summed E-state index contributed by atoms with van der Waals surface area (Å²) in [5.41, 5.74) is 2.12. The minimum absolute atomic E-state index is 0.598. The van der Waals surface area contributed by atoms with Gasteiger partial charge in [0.15, 0.2) is 0 Å². The van der Waals surface area contributed by atoms with E-state index in [0.717, 1.165) is 11.4 Å². The maximum Gasteiger partial charge on any atom is 0.207 e. The third-order valence-corrected chi connectivity index (χ3v) is 2.02. The van der Waals surface area contributed by atoms with E-state index < -0.39 is 0 Å². The Morgan fingerprint density at radius 2 is 2.20 bits per heavy atom. The second-order valence-electron chi connectivity index (χ2n) is 3.20. The summed E-state index contributed by atoms with van der Waals surface area (Å²) in [5, 5.41) is 5.78. The molecule has 82 valence electrons. The van der Waals surface area contributed by atoms with E-state index in [1.54, 1.807) is 7.11 Å². The Balaban J connectivity index is 2.57. The Bertz CT molecular complexity index is 326. The lowest BCUT2D eigenvalue weighted by Gasteiger charge is -2.11. The number of anilines is 1. The van der Waals surface area contributed by atoms with Crippen molar-refractivity contribution < 1.29 is 9.53 Å². The summed E-state index contributed by atoms with van der Waals surface area (Å²) in [6.45, 7) is 3.30. The Morgan fingerprint density at radius 1 is 1.40 bits per heavy atom. The van der Waals surface area contributed by atoms with E-state index in [1.807, 2.05) is 25.1 Å². The van der Waals surface area contributed by atoms with Crippen LogP contribution in [0.15, 0.2) is 18.2 Å². The zero-order valence-corrected chi connectivity index (χ0v) is 9.04. The summed E-state index contributed by atoms with van der Waals surface area (Å²) in [6.07, 6.45) is 0.690. The lowest BCUT2D eigenvalue weighted by molar-refractivity contribution is -0.109. The number of benzene rings is 1. The molecule has 0 saturated heterocycles. The third-order valence-electron chi connectivity index (χ3n) is 2.02.